The summed E-state index contributed by atoms with van der Waals surface area (Å²) in [7, 11) is 0. The van der Waals surface area contributed by atoms with Crippen LogP contribution in [-0.4, -0.2) is 23.7 Å². The lowest BCUT2D eigenvalue weighted by molar-refractivity contribution is 0.0908. The van der Waals surface area contributed by atoms with Crippen molar-refractivity contribution in [3.05, 3.63) is 34.9 Å². The fourth-order valence-corrected chi connectivity index (χ4v) is 2.49. The molecular formula is C17H21NO2. The summed E-state index contributed by atoms with van der Waals surface area (Å²) in [5.41, 5.74) is 2.33. The maximum Gasteiger partial charge on any atom is 0.251 e. The van der Waals surface area contributed by atoms with E-state index in [9.17, 15) is 4.79 Å². The van der Waals surface area contributed by atoms with Gasteiger partial charge in [-0.3, -0.25) is 4.79 Å². The third kappa shape index (κ3) is 3.20. The van der Waals surface area contributed by atoms with Crippen LogP contribution in [0.2, 0.25) is 0 Å². The molecule has 3 nitrogen and oxygen atoms in total. The van der Waals surface area contributed by atoms with Crippen LogP contribution >= 0.6 is 0 Å². The van der Waals surface area contributed by atoms with Crippen molar-refractivity contribution in [2.24, 2.45) is 5.92 Å². The van der Waals surface area contributed by atoms with Gasteiger partial charge in [-0.05, 0) is 50.3 Å². The molecule has 20 heavy (non-hydrogen) atoms. The summed E-state index contributed by atoms with van der Waals surface area (Å²) in [6.07, 6.45) is 3.70. The average molecular weight is 271 g/mol. The first kappa shape index (κ1) is 14.6. The van der Waals surface area contributed by atoms with Crippen molar-refractivity contribution in [1.82, 2.24) is 5.32 Å². The second-order valence-corrected chi connectivity index (χ2v) is 5.39. The Morgan fingerprint density at radius 1 is 1.50 bits per heavy atom. The normalized spacial score (nSPS) is 15.8. The van der Waals surface area contributed by atoms with Gasteiger partial charge in [-0.1, -0.05) is 24.3 Å². The Bertz CT molecular complexity index is 550. The highest BCUT2D eigenvalue weighted by molar-refractivity contribution is 5.96. The molecule has 0 aromatic heterocycles. The molecule has 1 atom stereocenters. The largest absolute Gasteiger partial charge is 0.384 e. The van der Waals surface area contributed by atoms with Crippen LogP contribution in [0.25, 0.3) is 0 Å². The van der Waals surface area contributed by atoms with Gasteiger partial charge >= 0.3 is 0 Å². The van der Waals surface area contributed by atoms with E-state index in [1.165, 1.54) is 19.3 Å². The molecule has 2 N–H and O–H groups in total. The molecule has 1 aliphatic carbocycles. The Kier molecular flexibility index (Phi) is 4.81. The zero-order chi connectivity index (χ0) is 14.5. The number of hydrogen-bond acceptors (Lipinski definition) is 2. The fraction of sp³-hybridized carbons (Fsp3) is 0.471. The topological polar surface area (TPSA) is 49.3 Å². The van der Waals surface area contributed by atoms with E-state index in [-0.39, 0.29) is 18.6 Å². The van der Waals surface area contributed by atoms with Gasteiger partial charge in [0.15, 0.2) is 0 Å². The van der Waals surface area contributed by atoms with Crippen LogP contribution in [0.15, 0.2) is 18.2 Å². The second-order valence-electron chi connectivity index (χ2n) is 5.39. The average Bonchev–Trinajstić information content (AvgIpc) is 2.35. The first-order valence-electron chi connectivity index (χ1n) is 7.13. The SMILES string of the molecule is Cc1c(C#CCO)cccc1C(=O)NC(C)C1CCC1. The van der Waals surface area contributed by atoms with E-state index < -0.39 is 0 Å². The third-order valence-electron chi connectivity index (χ3n) is 4.10. The lowest BCUT2D eigenvalue weighted by atomic mass is 9.80. The summed E-state index contributed by atoms with van der Waals surface area (Å²) in [4.78, 5) is 12.3. The first-order valence-corrected chi connectivity index (χ1v) is 7.13. The fourth-order valence-electron chi connectivity index (χ4n) is 2.49. The van der Waals surface area contributed by atoms with Gasteiger partial charge in [0.1, 0.15) is 6.61 Å². The smallest absolute Gasteiger partial charge is 0.251 e. The number of amides is 1. The van der Waals surface area contributed by atoms with E-state index in [0.29, 0.717) is 11.5 Å². The van der Waals surface area contributed by atoms with Crippen molar-refractivity contribution in [3.8, 4) is 11.8 Å². The molecule has 1 saturated carbocycles. The molecule has 1 fully saturated rings. The molecule has 1 unspecified atom stereocenters. The number of carbonyl (C=O) groups is 1. The minimum absolute atomic E-state index is 0.0328. The van der Waals surface area contributed by atoms with Gasteiger partial charge in [0.25, 0.3) is 5.91 Å². The van der Waals surface area contributed by atoms with Crippen LogP contribution in [0.1, 0.15) is 47.7 Å². The van der Waals surface area contributed by atoms with E-state index >= 15 is 0 Å². The van der Waals surface area contributed by atoms with Crippen LogP contribution in [-0.2, 0) is 0 Å². The minimum Gasteiger partial charge on any atom is -0.384 e. The Balaban J connectivity index is 2.13. The van der Waals surface area contributed by atoms with Gasteiger partial charge in [0.05, 0.1) is 0 Å². The summed E-state index contributed by atoms with van der Waals surface area (Å²) < 4.78 is 0. The predicted octanol–water partition coefficient (Wildman–Crippen LogP) is 2.26. The van der Waals surface area contributed by atoms with Crippen LogP contribution in [0, 0.1) is 24.7 Å². The van der Waals surface area contributed by atoms with E-state index in [4.69, 9.17) is 5.11 Å². The molecule has 0 saturated heterocycles. The van der Waals surface area contributed by atoms with Gasteiger partial charge in [-0.2, -0.15) is 0 Å². The molecule has 1 amide bonds. The summed E-state index contributed by atoms with van der Waals surface area (Å²) in [5, 5.41) is 11.8. The third-order valence-corrected chi connectivity index (χ3v) is 4.10. The molecular weight excluding hydrogens is 250 g/mol. The zero-order valence-electron chi connectivity index (χ0n) is 12.1. The monoisotopic (exact) mass is 271 g/mol. The second kappa shape index (κ2) is 6.58. The molecule has 0 spiro atoms. The Morgan fingerprint density at radius 3 is 2.85 bits per heavy atom. The number of rotatable bonds is 3. The molecule has 106 valence electrons. The van der Waals surface area contributed by atoms with Gasteiger partial charge < -0.3 is 10.4 Å². The highest BCUT2D eigenvalue weighted by Crippen LogP contribution is 2.29. The highest BCUT2D eigenvalue weighted by Gasteiger charge is 2.25. The zero-order valence-corrected chi connectivity index (χ0v) is 12.1. The number of aliphatic hydroxyl groups excluding tert-OH is 1. The van der Waals surface area contributed by atoms with E-state index in [1.54, 1.807) is 0 Å². The van der Waals surface area contributed by atoms with Crippen LogP contribution in [0.4, 0.5) is 0 Å². The maximum atomic E-state index is 12.3. The Morgan fingerprint density at radius 2 is 2.25 bits per heavy atom. The van der Waals surface area contributed by atoms with Crippen LogP contribution < -0.4 is 5.32 Å². The Hall–Kier alpha value is -1.79. The molecule has 2 rings (SSSR count). The lowest BCUT2D eigenvalue weighted by Crippen LogP contribution is -2.40. The quantitative estimate of drug-likeness (QED) is 0.828. The van der Waals surface area contributed by atoms with Gasteiger partial charge in [0, 0.05) is 17.2 Å². The number of aliphatic hydroxyl groups is 1. The number of carbonyl (C=O) groups excluding carboxylic acids is 1. The van der Waals surface area contributed by atoms with Crippen molar-refractivity contribution in [1.29, 1.82) is 0 Å². The van der Waals surface area contributed by atoms with Crippen molar-refractivity contribution >= 4 is 5.91 Å². The standard InChI is InChI=1S/C17H21NO2/c1-12-14(9-5-11-19)6-4-10-16(12)17(20)18-13(2)15-7-3-8-15/h4,6,10,13,15,19H,3,7-8,11H2,1-2H3,(H,18,20). The van der Waals surface area contributed by atoms with E-state index in [1.807, 2.05) is 25.1 Å². The lowest BCUT2D eigenvalue weighted by Gasteiger charge is -2.32. The van der Waals surface area contributed by atoms with Gasteiger partial charge in [-0.15, -0.1) is 0 Å². The molecule has 0 bridgehead atoms. The van der Waals surface area contributed by atoms with Gasteiger partial charge in [-0.25, -0.2) is 0 Å². The summed E-state index contributed by atoms with van der Waals surface area (Å²) in [6.45, 7) is 3.80. The molecule has 1 aliphatic rings. The number of benzene rings is 1. The molecule has 0 aliphatic heterocycles. The summed E-state index contributed by atoms with van der Waals surface area (Å²) in [5.74, 6) is 6.09. The summed E-state index contributed by atoms with van der Waals surface area (Å²) in [6, 6.07) is 5.74. The number of nitrogens with one attached hydrogen (secondary N) is 1. The van der Waals surface area contributed by atoms with Crippen LogP contribution in [0.5, 0.6) is 0 Å². The van der Waals surface area contributed by atoms with Gasteiger partial charge in [0.2, 0.25) is 0 Å². The molecule has 3 heteroatoms. The van der Waals surface area contributed by atoms with Crippen LogP contribution in [0.3, 0.4) is 0 Å². The first-order chi connectivity index (χ1) is 9.63. The van der Waals surface area contributed by atoms with E-state index in [2.05, 4.69) is 24.1 Å². The highest BCUT2D eigenvalue weighted by atomic mass is 16.2. The predicted molar refractivity (Wildman–Crippen MR) is 79.4 cm³/mol. The van der Waals surface area contributed by atoms with Crippen molar-refractivity contribution in [2.75, 3.05) is 6.61 Å². The van der Waals surface area contributed by atoms with Crippen molar-refractivity contribution in [2.45, 2.75) is 39.2 Å². The maximum absolute atomic E-state index is 12.3. The van der Waals surface area contributed by atoms with E-state index in [0.717, 1.165) is 11.1 Å². The summed E-state index contributed by atoms with van der Waals surface area (Å²) >= 11 is 0. The van der Waals surface area contributed by atoms with Crippen molar-refractivity contribution in [3.63, 3.8) is 0 Å². The Labute approximate surface area is 120 Å². The molecule has 1 aromatic carbocycles. The van der Waals surface area contributed by atoms with Crippen molar-refractivity contribution < 1.29 is 9.90 Å². The molecule has 0 heterocycles. The molecule has 1 aromatic rings. The molecule has 0 radical (unpaired) electrons. The minimum atomic E-state index is -0.172. The number of hydrogen-bond donors (Lipinski definition) is 2.